The maximum absolute atomic E-state index is 9.73. The standard InChI is InChI=1S/C4H7N3O2/c8-7(9)6-4-2-1-3-5-4/h1-3H2,(H,5,6). The van der Waals surface area contributed by atoms with E-state index in [1.165, 1.54) is 0 Å². The molecule has 0 aromatic heterocycles. The number of nitrogens with zero attached hydrogens (tertiary/aromatic N) is 2. The molecular formula is C4H7N3O2. The molecule has 0 radical (unpaired) electrons. The lowest BCUT2D eigenvalue weighted by Gasteiger charge is -1.86. The van der Waals surface area contributed by atoms with Gasteiger partial charge < -0.3 is 5.32 Å². The third-order valence-electron chi connectivity index (χ3n) is 1.12. The number of rotatable bonds is 1. The van der Waals surface area contributed by atoms with Gasteiger partial charge in [-0.2, -0.15) is 0 Å². The van der Waals surface area contributed by atoms with Crippen molar-refractivity contribution >= 4 is 5.84 Å². The average Bonchev–Trinajstić information content (AvgIpc) is 2.15. The van der Waals surface area contributed by atoms with E-state index in [0.717, 1.165) is 13.0 Å². The first kappa shape index (κ1) is 6.00. The van der Waals surface area contributed by atoms with Crippen LogP contribution in [0.15, 0.2) is 5.10 Å². The van der Waals surface area contributed by atoms with E-state index in [9.17, 15) is 10.1 Å². The molecule has 1 heterocycles. The van der Waals surface area contributed by atoms with Crippen LogP contribution >= 0.6 is 0 Å². The lowest BCUT2D eigenvalue weighted by Crippen LogP contribution is -2.15. The molecule has 0 amide bonds. The maximum atomic E-state index is 9.73. The van der Waals surface area contributed by atoms with Crippen LogP contribution in [0, 0.1) is 10.1 Å². The highest BCUT2D eigenvalue weighted by molar-refractivity contribution is 5.83. The Morgan fingerprint density at radius 3 is 3.00 bits per heavy atom. The van der Waals surface area contributed by atoms with Crippen LogP contribution in [0.4, 0.5) is 0 Å². The highest BCUT2D eigenvalue weighted by Gasteiger charge is 2.09. The summed E-state index contributed by atoms with van der Waals surface area (Å²) in [4.78, 5) is 9.73. The topological polar surface area (TPSA) is 67.5 Å². The van der Waals surface area contributed by atoms with Gasteiger partial charge in [-0.1, -0.05) is 0 Å². The van der Waals surface area contributed by atoms with Gasteiger partial charge in [0.2, 0.25) is 0 Å². The summed E-state index contributed by atoms with van der Waals surface area (Å²) in [5.41, 5.74) is 0. The Balaban J connectivity index is 2.49. The van der Waals surface area contributed by atoms with Crippen LogP contribution in [0.25, 0.3) is 0 Å². The summed E-state index contributed by atoms with van der Waals surface area (Å²) < 4.78 is 0. The molecule has 0 unspecified atom stereocenters. The van der Waals surface area contributed by atoms with Crippen molar-refractivity contribution in [2.24, 2.45) is 5.10 Å². The molecule has 1 aliphatic heterocycles. The van der Waals surface area contributed by atoms with Crippen LogP contribution in [0.5, 0.6) is 0 Å². The molecule has 1 fully saturated rings. The SMILES string of the molecule is O=[N+]([O-])/N=C1/CCCN1. The van der Waals surface area contributed by atoms with E-state index >= 15 is 0 Å². The second-order valence-corrected chi connectivity index (χ2v) is 1.81. The van der Waals surface area contributed by atoms with E-state index in [0.29, 0.717) is 12.3 Å². The molecule has 0 spiro atoms. The molecule has 0 aromatic carbocycles. The van der Waals surface area contributed by atoms with Gasteiger partial charge in [0.1, 0.15) is 0 Å². The van der Waals surface area contributed by atoms with Crippen LogP contribution in [-0.4, -0.2) is 17.4 Å². The quantitative estimate of drug-likeness (QED) is 0.399. The minimum atomic E-state index is -0.673. The van der Waals surface area contributed by atoms with Gasteiger partial charge in [-0.25, -0.2) is 10.1 Å². The number of amidine groups is 1. The fourth-order valence-corrected chi connectivity index (χ4v) is 0.761. The van der Waals surface area contributed by atoms with Gasteiger partial charge in [0.25, 0.3) is 0 Å². The monoisotopic (exact) mass is 129 g/mol. The summed E-state index contributed by atoms with van der Waals surface area (Å²) in [7, 11) is 0. The molecule has 50 valence electrons. The molecule has 0 saturated carbocycles. The van der Waals surface area contributed by atoms with Crippen LogP contribution in [0.2, 0.25) is 0 Å². The Morgan fingerprint density at radius 2 is 2.56 bits per heavy atom. The summed E-state index contributed by atoms with van der Waals surface area (Å²) in [5, 5.41) is 15.0. The van der Waals surface area contributed by atoms with Gasteiger partial charge in [-0.15, -0.1) is 0 Å². The van der Waals surface area contributed by atoms with E-state index in [2.05, 4.69) is 10.4 Å². The summed E-state index contributed by atoms with van der Waals surface area (Å²) in [6, 6.07) is 0. The smallest absolute Gasteiger partial charge is 0.192 e. The Hall–Kier alpha value is -1.13. The average molecular weight is 129 g/mol. The molecular weight excluding hydrogens is 122 g/mol. The third-order valence-corrected chi connectivity index (χ3v) is 1.12. The van der Waals surface area contributed by atoms with E-state index in [1.54, 1.807) is 0 Å². The van der Waals surface area contributed by atoms with E-state index in [-0.39, 0.29) is 0 Å². The molecule has 1 aliphatic rings. The first-order valence-corrected chi connectivity index (χ1v) is 2.75. The highest BCUT2D eigenvalue weighted by atomic mass is 16.7. The van der Waals surface area contributed by atoms with Crippen LogP contribution in [-0.2, 0) is 0 Å². The van der Waals surface area contributed by atoms with Gasteiger partial charge in [-0.3, -0.25) is 0 Å². The van der Waals surface area contributed by atoms with Crippen molar-refractivity contribution in [3.63, 3.8) is 0 Å². The molecule has 5 heteroatoms. The number of nitro groups is 1. The fourth-order valence-electron chi connectivity index (χ4n) is 0.761. The zero-order valence-corrected chi connectivity index (χ0v) is 4.83. The molecule has 1 saturated heterocycles. The lowest BCUT2D eigenvalue weighted by atomic mass is 10.4. The predicted octanol–water partition coefficient (Wildman–Crippen LogP) is -0.0400. The van der Waals surface area contributed by atoms with Crippen LogP contribution in [0.1, 0.15) is 12.8 Å². The summed E-state index contributed by atoms with van der Waals surface area (Å²) >= 11 is 0. The van der Waals surface area contributed by atoms with Crippen molar-refractivity contribution < 1.29 is 5.03 Å². The van der Waals surface area contributed by atoms with Crippen molar-refractivity contribution in [3.8, 4) is 0 Å². The van der Waals surface area contributed by atoms with Crippen molar-refractivity contribution in [2.75, 3.05) is 6.54 Å². The molecule has 5 nitrogen and oxygen atoms in total. The van der Waals surface area contributed by atoms with Crippen molar-refractivity contribution in [1.29, 1.82) is 0 Å². The second-order valence-electron chi connectivity index (χ2n) is 1.81. The molecule has 0 aromatic rings. The van der Waals surface area contributed by atoms with Crippen molar-refractivity contribution in [2.45, 2.75) is 12.8 Å². The highest BCUT2D eigenvalue weighted by Crippen LogP contribution is 1.97. The number of hydrogen-bond donors (Lipinski definition) is 1. The predicted molar refractivity (Wildman–Crippen MR) is 31.7 cm³/mol. The van der Waals surface area contributed by atoms with Crippen molar-refractivity contribution in [1.82, 2.24) is 5.32 Å². The van der Waals surface area contributed by atoms with E-state index in [4.69, 9.17) is 0 Å². The number of hydrazone groups is 1. The number of nitrogens with one attached hydrogen (secondary N) is 1. The molecule has 1 N–H and O–H groups in total. The summed E-state index contributed by atoms with van der Waals surface area (Å²) in [6.45, 7) is 0.812. The molecule has 1 rings (SSSR count). The fraction of sp³-hybridized carbons (Fsp3) is 0.750. The van der Waals surface area contributed by atoms with Crippen LogP contribution < -0.4 is 5.32 Å². The zero-order chi connectivity index (χ0) is 6.69. The zero-order valence-electron chi connectivity index (χ0n) is 4.83. The van der Waals surface area contributed by atoms with Gasteiger partial charge in [-0.05, 0) is 6.42 Å². The third kappa shape index (κ3) is 1.67. The largest absolute Gasteiger partial charge is 0.368 e. The maximum Gasteiger partial charge on any atom is 0.192 e. The van der Waals surface area contributed by atoms with Gasteiger partial charge >= 0.3 is 0 Å². The van der Waals surface area contributed by atoms with E-state index < -0.39 is 5.03 Å². The minimum absolute atomic E-state index is 0.500. The first-order valence-electron chi connectivity index (χ1n) is 2.75. The normalized spacial score (nSPS) is 22.0. The first-order chi connectivity index (χ1) is 4.29. The van der Waals surface area contributed by atoms with Gasteiger partial charge in [0, 0.05) is 13.0 Å². The van der Waals surface area contributed by atoms with E-state index in [1.807, 2.05) is 0 Å². The van der Waals surface area contributed by atoms with Gasteiger partial charge in [0.15, 0.2) is 10.9 Å². The Labute approximate surface area is 51.9 Å². The summed E-state index contributed by atoms with van der Waals surface area (Å²) in [6.07, 6.45) is 1.66. The molecule has 9 heavy (non-hydrogen) atoms. The van der Waals surface area contributed by atoms with Crippen molar-refractivity contribution in [3.05, 3.63) is 10.1 Å². The molecule has 0 aliphatic carbocycles. The molecule has 0 bridgehead atoms. The minimum Gasteiger partial charge on any atom is -0.368 e. The van der Waals surface area contributed by atoms with Crippen LogP contribution in [0.3, 0.4) is 0 Å². The summed E-state index contributed by atoms with van der Waals surface area (Å²) in [5.74, 6) is 0.500. The number of hydrogen-bond acceptors (Lipinski definition) is 2. The van der Waals surface area contributed by atoms with Gasteiger partial charge in [0.05, 0.1) is 5.10 Å². The Bertz CT molecular complexity index is 146. The lowest BCUT2D eigenvalue weighted by molar-refractivity contribution is -0.485. The Kier molecular flexibility index (Phi) is 1.62. The second kappa shape index (κ2) is 2.43. The molecule has 0 atom stereocenters. The Morgan fingerprint density at radius 1 is 1.78 bits per heavy atom.